The number of fused-ring (bicyclic) bond motifs is 1. The Labute approximate surface area is 124 Å². The van der Waals surface area contributed by atoms with Crippen LogP contribution >= 0.6 is 0 Å². The van der Waals surface area contributed by atoms with Crippen LogP contribution in [0.5, 0.6) is 0 Å². The maximum absolute atomic E-state index is 11.6. The summed E-state index contributed by atoms with van der Waals surface area (Å²) in [6, 6.07) is 5.67. The first-order valence-corrected chi connectivity index (χ1v) is 7.62. The second-order valence-electron chi connectivity index (χ2n) is 6.76. The van der Waals surface area contributed by atoms with E-state index >= 15 is 0 Å². The molecule has 0 saturated heterocycles. The average Bonchev–Trinajstić information content (AvgIpc) is 2.74. The number of aryl methyl sites for hydroxylation is 1. The molecule has 1 N–H and O–H groups in total. The summed E-state index contributed by atoms with van der Waals surface area (Å²) in [6.45, 7) is 6.55. The molecule has 4 nitrogen and oxygen atoms in total. The van der Waals surface area contributed by atoms with Crippen LogP contribution in [-0.2, 0) is 0 Å². The third-order valence-electron chi connectivity index (χ3n) is 4.88. The summed E-state index contributed by atoms with van der Waals surface area (Å²) in [7, 11) is 0. The van der Waals surface area contributed by atoms with Crippen molar-refractivity contribution in [1.82, 2.24) is 9.55 Å². The number of aromatic nitrogens is 2. The summed E-state index contributed by atoms with van der Waals surface area (Å²) in [5.74, 6) is 0.0361. The molecule has 112 valence electrons. The van der Waals surface area contributed by atoms with Gasteiger partial charge >= 0.3 is 5.97 Å². The van der Waals surface area contributed by atoms with Gasteiger partial charge in [0.05, 0.1) is 16.6 Å². The molecule has 0 amide bonds. The van der Waals surface area contributed by atoms with Crippen LogP contribution in [0.25, 0.3) is 11.0 Å². The Balaban J connectivity index is 2.26. The molecule has 1 saturated carbocycles. The fourth-order valence-electron chi connectivity index (χ4n) is 3.77. The van der Waals surface area contributed by atoms with Crippen molar-refractivity contribution in [3.05, 3.63) is 29.6 Å². The molecule has 1 aliphatic carbocycles. The van der Waals surface area contributed by atoms with Crippen LogP contribution in [0.15, 0.2) is 18.2 Å². The highest BCUT2D eigenvalue weighted by Gasteiger charge is 2.35. The van der Waals surface area contributed by atoms with E-state index in [4.69, 9.17) is 0 Å². The highest BCUT2D eigenvalue weighted by Crippen LogP contribution is 2.45. The summed E-state index contributed by atoms with van der Waals surface area (Å²) in [5.41, 5.74) is 2.09. The maximum Gasteiger partial charge on any atom is 0.337 e. The minimum Gasteiger partial charge on any atom is -0.478 e. The zero-order chi connectivity index (χ0) is 15.2. The minimum absolute atomic E-state index is 0.169. The van der Waals surface area contributed by atoms with Crippen molar-refractivity contribution in [3.63, 3.8) is 0 Å². The van der Waals surface area contributed by atoms with Crippen molar-refractivity contribution in [3.8, 4) is 0 Å². The van der Waals surface area contributed by atoms with Gasteiger partial charge in [0.2, 0.25) is 0 Å². The normalized spacial score (nSPS) is 21.6. The van der Waals surface area contributed by atoms with E-state index in [1.165, 1.54) is 19.3 Å². The number of aromatic carboxylic acids is 1. The molecule has 1 aromatic carbocycles. The molecule has 3 rings (SSSR count). The number of benzene rings is 1. The van der Waals surface area contributed by atoms with E-state index in [0.29, 0.717) is 11.6 Å². The van der Waals surface area contributed by atoms with Crippen LogP contribution in [-0.4, -0.2) is 20.6 Å². The lowest BCUT2D eigenvalue weighted by Gasteiger charge is -2.40. The number of hydrogen-bond acceptors (Lipinski definition) is 2. The van der Waals surface area contributed by atoms with Crippen LogP contribution in [0.4, 0.5) is 0 Å². The van der Waals surface area contributed by atoms with Gasteiger partial charge in [-0.25, -0.2) is 9.78 Å². The van der Waals surface area contributed by atoms with Crippen LogP contribution in [0.2, 0.25) is 0 Å². The predicted octanol–water partition coefficient (Wildman–Crippen LogP) is 4.18. The number of carboxylic acids is 1. The van der Waals surface area contributed by atoms with E-state index in [9.17, 15) is 9.90 Å². The Hall–Kier alpha value is -1.84. The smallest absolute Gasteiger partial charge is 0.337 e. The van der Waals surface area contributed by atoms with Gasteiger partial charge in [-0.15, -0.1) is 0 Å². The van der Waals surface area contributed by atoms with Gasteiger partial charge < -0.3 is 9.67 Å². The number of hydrogen-bond donors (Lipinski definition) is 1. The van der Waals surface area contributed by atoms with Crippen molar-refractivity contribution >= 4 is 17.0 Å². The fourth-order valence-corrected chi connectivity index (χ4v) is 3.77. The molecule has 4 heteroatoms. The van der Waals surface area contributed by atoms with E-state index < -0.39 is 5.97 Å². The predicted molar refractivity (Wildman–Crippen MR) is 82.7 cm³/mol. The van der Waals surface area contributed by atoms with Crippen LogP contribution in [0.3, 0.4) is 0 Å². The molecule has 0 bridgehead atoms. The SMILES string of the molecule is Cc1nc2cccc(C(=O)O)c2n1C1CCCCC1(C)C. The summed E-state index contributed by atoms with van der Waals surface area (Å²) in [5, 5.41) is 9.50. The third-order valence-corrected chi connectivity index (χ3v) is 4.88. The molecule has 1 unspecified atom stereocenters. The Morgan fingerprint density at radius 1 is 1.38 bits per heavy atom. The van der Waals surface area contributed by atoms with Crippen molar-refractivity contribution in [1.29, 1.82) is 0 Å². The molecule has 1 fully saturated rings. The Kier molecular flexibility index (Phi) is 3.27. The number of carbonyl (C=O) groups is 1. The quantitative estimate of drug-likeness (QED) is 0.900. The molecule has 1 atom stereocenters. The van der Waals surface area contributed by atoms with E-state index in [-0.39, 0.29) is 5.41 Å². The summed E-state index contributed by atoms with van der Waals surface area (Å²) < 4.78 is 2.18. The zero-order valence-corrected chi connectivity index (χ0v) is 12.9. The summed E-state index contributed by atoms with van der Waals surface area (Å²) in [6.07, 6.45) is 4.71. The van der Waals surface area contributed by atoms with Gasteiger partial charge in [-0.3, -0.25) is 0 Å². The highest BCUT2D eigenvalue weighted by molar-refractivity contribution is 6.01. The minimum atomic E-state index is -0.879. The average molecular weight is 286 g/mol. The van der Waals surface area contributed by atoms with Crippen LogP contribution in [0, 0.1) is 12.3 Å². The van der Waals surface area contributed by atoms with E-state index in [0.717, 1.165) is 23.3 Å². The van der Waals surface area contributed by atoms with Crippen molar-refractivity contribution in [2.24, 2.45) is 5.41 Å². The number of carboxylic acid groups (broad SMARTS) is 1. The van der Waals surface area contributed by atoms with Crippen LogP contribution in [0.1, 0.15) is 61.8 Å². The van der Waals surface area contributed by atoms with Crippen molar-refractivity contribution in [2.75, 3.05) is 0 Å². The highest BCUT2D eigenvalue weighted by atomic mass is 16.4. The largest absolute Gasteiger partial charge is 0.478 e. The molecule has 1 aliphatic rings. The zero-order valence-electron chi connectivity index (χ0n) is 12.9. The molecule has 1 heterocycles. The second-order valence-corrected chi connectivity index (χ2v) is 6.76. The molecule has 0 radical (unpaired) electrons. The Morgan fingerprint density at radius 2 is 2.14 bits per heavy atom. The van der Waals surface area contributed by atoms with E-state index in [2.05, 4.69) is 23.4 Å². The van der Waals surface area contributed by atoms with Gasteiger partial charge in [-0.2, -0.15) is 0 Å². The van der Waals surface area contributed by atoms with Crippen molar-refractivity contribution in [2.45, 2.75) is 52.5 Å². The number of imidazole rings is 1. The Morgan fingerprint density at radius 3 is 2.81 bits per heavy atom. The van der Waals surface area contributed by atoms with E-state index in [1.807, 2.05) is 13.0 Å². The van der Waals surface area contributed by atoms with Gasteiger partial charge in [-0.05, 0) is 37.3 Å². The topological polar surface area (TPSA) is 55.1 Å². The molecule has 0 spiro atoms. The lowest BCUT2D eigenvalue weighted by Crippen LogP contribution is -2.31. The number of rotatable bonds is 2. The molecule has 0 aliphatic heterocycles. The maximum atomic E-state index is 11.6. The van der Waals surface area contributed by atoms with Crippen LogP contribution < -0.4 is 0 Å². The lowest BCUT2D eigenvalue weighted by atomic mass is 9.73. The summed E-state index contributed by atoms with van der Waals surface area (Å²) >= 11 is 0. The molecule has 1 aromatic heterocycles. The standard InChI is InChI=1S/C17H22N2O2/c1-11-18-13-8-6-7-12(16(20)21)15(13)19(11)14-9-4-5-10-17(14,2)3/h6-8,14H,4-5,9-10H2,1-3H3,(H,20,21). The first-order valence-electron chi connectivity index (χ1n) is 7.62. The number of nitrogens with zero attached hydrogens (tertiary/aromatic N) is 2. The second kappa shape index (κ2) is 4.86. The molecular formula is C17H22N2O2. The third kappa shape index (κ3) is 2.23. The fraction of sp³-hybridized carbons (Fsp3) is 0.529. The van der Waals surface area contributed by atoms with Gasteiger partial charge in [0.15, 0.2) is 0 Å². The monoisotopic (exact) mass is 286 g/mol. The van der Waals surface area contributed by atoms with Gasteiger partial charge in [0.25, 0.3) is 0 Å². The van der Waals surface area contributed by atoms with Gasteiger partial charge in [0, 0.05) is 6.04 Å². The first kappa shape index (κ1) is 14.1. The Bertz CT molecular complexity index is 700. The van der Waals surface area contributed by atoms with Crippen molar-refractivity contribution < 1.29 is 9.90 Å². The number of para-hydroxylation sites is 1. The molecule has 2 aromatic rings. The summed E-state index contributed by atoms with van der Waals surface area (Å²) in [4.78, 5) is 16.2. The van der Waals surface area contributed by atoms with Gasteiger partial charge in [0.1, 0.15) is 5.82 Å². The lowest BCUT2D eigenvalue weighted by molar-refractivity contribution is 0.0697. The van der Waals surface area contributed by atoms with Gasteiger partial charge in [-0.1, -0.05) is 32.8 Å². The van der Waals surface area contributed by atoms with E-state index in [1.54, 1.807) is 12.1 Å². The first-order chi connectivity index (χ1) is 9.92. The molecular weight excluding hydrogens is 264 g/mol. The molecule has 21 heavy (non-hydrogen) atoms.